The molecule has 0 aliphatic carbocycles. The molecule has 0 fully saturated rings. The predicted molar refractivity (Wildman–Crippen MR) is 211 cm³/mol. The van der Waals surface area contributed by atoms with Gasteiger partial charge in [-0.25, -0.2) is 9.59 Å². The van der Waals surface area contributed by atoms with Crippen LogP contribution in [0.2, 0.25) is 0 Å². The smallest absolute Gasteiger partial charge is 0.336 e. The van der Waals surface area contributed by atoms with Gasteiger partial charge >= 0.3 is 11.9 Å². The Morgan fingerprint density at radius 1 is 0.444 bits per heavy atom. The van der Waals surface area contributed by atoms with Gasteiger partial charge < -0.3 is 28.4 Å². The Kier molecular flexibility index (Phi) is 13.0. The van der Waals surface area contributed by atoms with E-state index >= 15 is 0 Å². The standard InChI is InChI=1S/C46H42O8/c1-33(31-53-41-25-11-17-35-15-3-5-19-37(35)41)45(47)51-29-13-27-49-43-23-9-7-21-39(43)40-22-8-10-24-44(40)50-28-14-30-52-46(48)34(2)32-54-42-26-12-18-36-16-4-6-20-38(36)42/h3-12,15-26,31-32H,13-14,27-30H2,1-2H3. The third kappa shape index (κ3) is 9.86. The Morgan fingerprint density at radius 3 is 1.28 bits per heavy atom. The molecular weight excluding hydrogens is 680 g/mol. The summed E-state index contributed by atoms with van der Waals surface area (Å²) in [6.07, 6.45) is 3.84. The third-order valence-corrected chi connectivity index (χ3v) is 8.49. The molecule has 0 saturated heterocycles. The van der Waals surface area contributed by atoms with Crippen LogP contribution in [0.1, 0.15) is 26.7 Å². The summed E-state index contributed by atoms with van der Waals surface area (Å²) >= 11 is 0. The van der Waals surface area contributed by atoms with Crippen molar-refractivity contribution in [3.8, 4) is 34.1 Å². The summed E-state index contributed by atoms with van der Waals surface area (Å²) in [6.45, 7) is 4.39. The fraction of sp³-hybridized carbons (Fsp3) is 0.174. The van der Waals surface area contributed by atoms with Gasteiger partial charge in [-0.15, -0.1) is 0 Å². The van der Waals surface area contributed by atoms with Crippen LogP contribution in [0.4, 0.5) is 0 Å². The Morgan fingerprint density at radius 2 is 0.815 bits per heavy atom. The second-order valence-electron chi connectivity index (χ2n) is 12.5. The molecule has 0 saturated carbocycles. The van der Waals surface area contributed by atoms with Gasteiger partial charge in [0.15, 0.2) is 0 Å². The number of fused-ring (bicyclic) bond motifs is 2. The third-order valence-electron chi connectivity index (χ3n) is 8.49. The first-order valence-electron chi connectivity index (χ1n) is 17.9. The van der Waals surface area contributed by atoms with Gasteiger partial charge in [0.2, 0.25) is 0 Å². The number of esters is 2. The van der Waals surface area contributed by atoms with Crippen molar-refractivity contribution in [1.29, 1.82) is 0 Å². The molecule has 0 unspecified atom stereocenters. The minimum Gasteiger partial charge on any atom is -0.493 e. The van der Waals surface area contributed by atoms with E-state index in [-0.39, 0.29) is 13.2 Å². The second kappa shape index (κ2) is 18.8. The van der Waals surface area contributed by atoms with Gasteiger partial charge in [-0.2, -0.15) is 0 Å². The number of hydrogen-bond donors (Lipinski definition) is 0. The molecule has 6 aromatic rings. The van der Waals surface area contributed by atoms with Gasteiger partial charge in [0.05, 0.1) is 37.6 Å². The van der Waals surface area contributed by atoms with E-state index in [1.807, 2.05) is 133 Å². The van der Waals surface area contributed by atoms with Crippen LogP contribution in [0.25, 0.3) is 32.7 Å². The highest BCUT2D eigenvalue weighted by Gasteiger charge is 2.13. The molecule has 0 aliphatic heterocycles. The van der Waals surface area contributed by atoms with Crippen molar-refractivity contribution in [3.05, 3.63) is 157 Å². The maximum atomic E-state index is 12.6. The van der Waals surface area contributed by atoms with Crippen molar-refractivity contribution in [2.24, 2.45) is 0 Å². The lowest BCUT2D eigenvalue weighted by Crippen LogP contribution is -2.11. The Bertz CT molecular complexity index is 2100. The molecule has 6 aromatic carbocycles. The quantitative estimate of drug-likeness (QED) is 0.0398. The lowest BCUT2D eigenvalue weighted by Gasteiger charge is -2.15. The van der Waals surface area contributed by atoms with Crippen LogP contribution < -0.4 is 18.9 Å². The number of hydrogen-bond acceptors (Lipinski definition) is 8. The maximum absolute atomic E-state index is 12.6. The van der Waals surface area contributed by atoms with Crippen LogP contribution in [0.5, 0.6) is 23.0 Å². The summed E-state index contributed by atoms with van der Waals surface area (Å²) < 4.78 is 34.8. The first kappa shape index (κ1) is 37.2. The fourth-order valence-corrected chi connectivity index (χ4v) is 5.67. The molecule has 274 valence electrons. The monoisotopic (exact) mass is 722 g/mol. The summed E-state index contributed by atoms with van der Waals surface area (Å²) in [5, 5.41) is 4.04. The van der Waals surface area contributed by atoms with Crippen LogP contribution in [0.3, 0.4) is 0 Å². The zero-order chi connectivity index (χ0) is 37.5. The molecule has 0 radical (unpaired) electrons. The minimum absolute atomic E-state index is 0.192. The molecule has 54 heavy (non-hydrogen) atoms. The van der Waals surface area contributed by atoms with Crippen molar-refractivity contribution < 1.29 is 38.0 Å². The van der Waals surface area contributed by atoms with Crippen LogP contribution in [0.15, 0.2) is 157 Å². The first-order valence-corrected chi connectivity index (χ1v) is 17.9. The van der Waals surface area contributed by atoms with Gasteiger partial charge in [-0.05, 0) is 48.9 Å². The van der Waals surface area contributed by atoms with E-state index in [1.54, 1.807) is 13.8 Å². The van der Waals surface area contributed by atoms with E-state index < -0.39 is 11.9 Å². The van der Waals surface area contributed by atoms with Crippen LogP contribution in [-0.4, -0.2) is 38.4 Å². The minimum atomic E-state index is -0.450. The van der Waals surface area contributed by atoms with E-state index in [2.05, 4.69) is 0 Å². The number of carbonyl (C=O) groups is 2. The van der Waals surface area contributed by atoms with Crippen LogP contribution >= 0.6 is 0 Å². The van der Waals surface area contributed by atoms with Gasteiger partial charge in [0.25, 0.3) is 0 Å². The Balaban J connectivity index is 0.938. The van der Waals surface area contributed by atoms with Crippen molar-refractivity contribution in [1.82, 2.24) is 0 Å². The largest absolute Gasteiger partial charge is 0.493 e. The summed E-state index contributed by atoms with van der Waals surface area (Å²) in [5.74, 6) is 1.80. The second-order valence-corrected chi connectivity index (χ2v) is 12.5. The van der Waals surface area contributed by atoms with E-state index in [0.717, 1.165) is 32.7 Å². The van der Waals surface area contributed by atoms with Gasteiger partial charge in [0.1, 0.15) is 35.5 Å². The molecule has 0 heterocycles. The van der Waals surface area contributed by atoms with E-state index in [1.165, 1.54) is 12.5 Å². The summed E-state index contributed by atoms with van der Waals surface area (Å²) in [5.41, 5.74) is 2.46. The molecule has 0 N–H and O–H groups in total. The number of carbonyl (C=O) groups excluding carboxylic acids is 2. The van der Waals surface area contributed by atoms with Crippen molar-refractivity contribution >= 4 is 33.5 Å². The molecule has 0 spiro atoms. The zero-order valence-corrected chi connectivity index (χ0v) is 30.4. The number of ether oxygens (including phenoxy) is 6. The lowest BCUT2D eigenvalue weighted by molar-refractivity contribution is -0.140. The molecular formula is C46H42O8. The highest BCUT2D eigenvalue weighted by atomic mass is 16.5. The fourth-order valence-electron chi connectivity index (χ4n) is 5.67. The zero-order valence-electron chi connectivity index (χ0n) is 30.4. The van der Waals surface area contributed by atoms with Crippen molar-refractivity contribution in [2.75, 3.05) is 26.4 Å². The van der Waals surface area contributed by atoms with Gasteiger partial charge in [-0.1, -0.05) is 109 Å². The maximum Gasteiger partial charge on any atom is 0.336 e. The average Bonchev–Trinajstić information content (AvgIpc) is 3.21. The number of rotatable bonds is 17. The summed E-state index contributed by atoms with van der Waals surface area (Å²) in [6, 6.07) is 42.8. The number of benzene rings is 6. The van der Waals surface area contributed by atoms with E-state index in [9.17, 15) is 9.59 Å². The van der Waals surface area contributed by atoms with E-state index in [4.69, 9.17) is 28.4 Å². The molecule has 0 amide bonds. The van der Waals surface area contributed by atoms with Crippen molar-refractivity contribution in [3.63, 3.8) is 0 Å². The van der Waals surface area contributed by atoms with Crippen LogP contribution in [0, 0.1) is 0 Å². The Hall–Kier alpha value is -6.54. The highest BCUT2D eigenvalue weighted by Crippen LogP contribution is 2.36. The first-order chi connectivity index (χ1) is 26.5. The molecule has 8 nitrogen and oxygen atoms in total. The van der Waals surface area contributed by atoms with Gasteiger partial charge in [0, 0.05) is 34.7 Å². The molecule has 0 atom stereocenters. The summed E-state index contributed by atoms with van der Waals surface area (Å²) in [4.78, 5) is 25.2. The van der Waals surface area contributed by atoms with Gasteiger partial charge in [-0.3, -0.25) is 0 Å². The topological polar surface area (TPSA) is 89.5 Å². The molecule has 0 aromatic heterocycles. The van der Waals surface area contributed by atoms with Crippen molar-refractivity contribution in [2.45, 2.75) is 26.7 Å². The SMILES string of the molecule is CC(=COc1cccc2ccccc12)C(=O)OCCCOc1ccccc1-c1ccccc1OCCCOC(=O)C(C)=COc1cccc2ccccc12. The highest BCUT2D eigenvalue weighted by molar-refractivity contribution is 5.90. The Labute approximate surface area is 315 Å². The predicted octanol–water partition coefficient (Wildman–Crippen LogP) is 10.2. The normalized spacial score (nSPS) is 11.6. The lowest BCUT2D eigenvalue weighted by atomic mass is 10.0. The molecule has 8 heteroatoms. The van der Waals surface area contributed by atoms with Crippen LogP contribution in [-0.2, 0) is 19.1 Å². The summed E-state index contributed by atoms with van der Waals surface area (Å²) in [7, 11) is 0. The average molecular weight is 723 g/mol. The van der Waals surface area contributed by atoms with E-state index in [0.29, 0.717) is 60.2 Å². The number of para-hydroxylation sites is 2. The molecule has 0 aliphatic rings. The molecule has 0 bridgehead atoms. The molecule has 6 rings (SSSR count).